The SMILES string of the molecule is O=C(CCCc1ccccc1)O[C@@]12CCC(=O)[C@@H]3Oc4c(O)ccc5c4[C@@]31CCN(CC1CC1)C2C5. The topological polar surface area (TPSA) is 76.1 Å². The Morgan fingerprint density at radius 3 is 2.78 bits per heavy atom. The number of likely N-dealkylation sites (tertiary alicyclic amines) is 1. The summed E-state index contributed by atoms with van der Waals surface area (Å²) in [4.78, 5) is 29.3. The van der Waals surface area contributed by atoms with E-state index in [1.807, 2.05) is 24.3 Å². The number of phenolic OH excluding ortho intramolecular Hbond substituents is 1. The van der Waals surface area contributed by atoms with Crippen molar-refractivity contribution in [1.29, 1.82) is 0 Å². The van der Waals surface area contributed by atoms with Crippen LogP contribution in [-0.4, -0.2) is 52.6 Å². The van der Waals surface area contributed by atoms with Gasteiger partial charge < -0.3 is 14.6 Å². The predicted octanol–water partition coefficient (Wildman–Crippen LogP) is 4.10. The fourth-order valence-corrected chi connectivity index (χ4v) is 7.78. The fraction of sp³-hybridized carbons (Fsp3) is 0.533. The lowest BCUT2D eigenvalue weighted by molar-refractivity contribution is -0.216. The van der Waals surface area contributed by atoms with Gasteiger partial charge >= 0.3 is 5.97 Å². The Bertz CT molecular complexity index is 1220. The first-order valence-corrected chi connectivity index (χ1v) is 13.6. The van der Waals surface area contributed by atoms with Crippen LogP contribution in [0, 0.1) is 5.92 Å². The van der Waals surface area contributed by atoms with E-state index in [-0.39, 0.29) is 23.5 Å². The minimum atomic E-state index is -0.811. The van der Waals surface area contributed by atoms with Gasteiger partial charge in [-0.25, -0.2) is 0 Å². The molecule has 2 aromatic rings. The molecule has 2 bridgehead atoms. The fourth-order valence-electron chi connectivity index (χ4n) is 7.78. The Morgan fingerprint density at radius 2 is 1.97 bits per heavy atom. The number of Topliss-reactive ketones (excluding diaryl/α,β-unsaturated/α-hetero) is 1. The molecule has 2 aliphatic heterocycles. The molecule has 6 heteroatoms. The van der Waals surface area contributed by atoms with Crippen LogP contribution < -0.4 is 4.74 Å². The molecule has 5 aliphatic rings. The first-order valence-electron chi connectivity index (χ1n) is 13.6. The summed E-state index contributed by atoms with van der Waals surface area (Å²) < 4.78 is 13.0. The van der Waals surface area contributed by atoms with Gasteiger partial charge in [-0.05, 0) is 74.6 Å². The van der Waals surface area contributed by atoms with Crippen LogP contribution in [0.2, 0.25) is 0 Å². The number of nitrogens with zero attached hydrogens (tertiary/aromatic N) is 1. The molecule has 0 amide bonds. The number of ether oxygens (including phenoxy) is 2. The summed E-state index contributed by atoms with van der Waals surface area (Å²) in [5.41, 5.74) is 1.74. The highest BCUT2D eigenvalue weighted by molar-refractivity contribution is 5.90. The number of piperidine rings is 1. The van der Waals surface area contributed by atoms with E-state index < -0.39 is 17.1 Å². The maximum absolute atomic E-state index is 13.5. The number of benzene rings is 2. The van der Waals surface area contributed by atoms with Crippen molar-refractivity contribution in [2.75, 3.05) is 13.1 Å². The van der Waals surface area contributed by atoms with Crippen LogP contribution in [0.3, 0.4) is 0 Å². The van der Waals surface area contributed by atoms with Crippen LogP contribution in [0.15, 0.2) is 42.5 Å². The van der Waals surface area contributed by atoms with Crippen LogP contribution in [0.25, 0.3) is 0 Å². The first kappa shape index (κ1) is 22.3. The molecule has 6 nitrogen and oxygen atoms in total. The van der Waals surface area contributed by atoms with Gasteiger partial charge in [0.15, 0.2) is 23.4 Å². The summed E-state index contributed by atoms with van der Waals surface area (Å²) in [6.07, 6.45) is 6.04. The number of ketones is 1. The number of aromatic hydroxyl groups is 1. The number of hydrogen-bond donors (Lipinski definition) is 1. The van der Waals surface area contributed by atoms with Gasteiger partial charge in [0.1, 0.15) is 5.60 Å². The number of carbonyl (C=O) groups is 2. The summed E-state index contributed by atoms with van der Waals surface area (Å²) in [6.45, 7) is 1.88. The highest BCUT2D eigenvalue weighted by atomic mass is 16.6. The van der Waals surface area contributed by atoms with Gasteiger partial charge in [0.2, 0.25) is 0 Å². The van der Waals surface area contributed by atoms with Crippen molar-refractivity contribution in [1.82, 2.24) is 4.90 Å². The number of rotatable bonds is 7. The lowest BCUT2D eigenvalue weighted by Crippen LogP contribution is -2.77. The van der Waals surface area contributed by atoms with Crippen LogP contribution in [0.5, 0.6) is 11.5 Å². The van der Waals surface area contributed by atoms with Crippen molar-refractivity contribution in [3.8, 4) is 11.5 Å². The number of hydrogen-bond acceptors (Lipinski definition) is 6. The number of aryl methyl sites for hydroxylation is 1. The van der Waals surface area contributed by atoms with Crippen LogP contribution >= 0.6 is 0 Å². The Kier molecular flexibility index (Phi) is 5.01. The quantitative estimate of drug-likeness (QED) is 0.593. The summed E-state index contributed by atoms with van der Waals surface area (Å²) in [5.74, 6) is 1.10. The summed E-state index contributed by atoms with van der Waals surface area (Å²) in [6, 6.07) is 13.9. The second-order valence-corrected chi connectivity index (χ2v) is 11.5. The second kappa shape index (κ2) is 8.07. The average Bonchev–Trinajstić information content (AvgIpc) is 3.62. The van der Waals surface area contributed by atoms with E-state index in [4.69, 9.17) is 9.47 Å². The predicted molar refractivity (Wildman–Crippen MR) is 133 cm³/mol. The molecule has 2 aromatic carbocycles. The highest BCUT2D eigenvalue weighted by Gasteiger charge is 2.75. The van der Waals surface area contributed by atoms with Crippen LogP contribution in [-0.2, 0) is 32.6 Å². The Hall–Kier alpha value is -2.86. The molecule has 2 heterocycles. The Balaban J connectivity index is 1.26. The third-order valence-corrected chi connectivity index (χ3v) is 9.50. The molecule has 4 atom stereocenters. The molecule has 0 aromatic heterocycles. The van der Waals surface area contributed by atoms with Gasteiger partial charge in [0.05, 0.1) is 11.5 Å². The maximum atomic E-state index is 13.5. The number of esters is 1. The van der Waals surface area contributed by atoms with Gasteiger partial charge in [0.25, 0.3) is 0 Å². The first-order chi connectivity index (χ1) is 17.5. The minimum absolute atomic E-state index is 0.0205. The number of carbonyl (C=O) groups excluding carboxylic acids is 2. The molecule has 1 N–H and O–H groups in total. The normalized spacial score (nSPS) is 32.1. The molecule has 2 saturated carbocycles. The monoisotopic (exact) mass is 487 g/mol. The van der Waals surface area contributed by atoms with Gasteiger partial charge in [-0.15, -0.1) is 0 Å². The molecule has 188 valence electrons. The Labute approximate surface area is 211 Å². The van der Waals surface area contributed by atoms with E-state index in [9.17, 15) is 14.7 Å². The zero-order valence-electron chi connectivity index (χ0n) is 20.6. The van der Waals surface area contributed by atoms with E-state index >= 15 is 0 Å². The molecule has 36 heavy (non-hydrogen) atoms. The highest BCUT2D eigenvalue weighted by Crippen LogP contribution is 2.66. The zero-order valence-corrected chi connectivity index (χ0v) is 20.6. The maximum Gasteiger partial charge on any atom is 0.306 e. The van der Waals surface area contributed by atoms with Crippen molar-refractivity contribution >= 4 is 11.8 Å². The van der Waals surface area contributed by atoms with E-state index in [1.165, 1.54) is 18.4 Å². The zero-order chi connectivity index (χ0) is 24.5. The molecule has 1 unspecified atom stereocenters. The van der Waals surface area contributed by atoms with Gasteiger partial charge in [-0.3, -0.25) is 14.5 Å². The van der Waals surface area contributed by atoms with Gasteiger partial charge in [0, 0.05) is 24.9 Å². The van der Waals surface area contributed by atoms with Crippen LogP contribution in [0.1, 0.15) is 61.6 Å². The van der Waals surface area contributed by atoms with Crippen LogP contribution in [0.4, 0.5) is 0 Å². The summed E-state index contributed by atoms with van der Waals surface area (Å²) in [7, 11) is 0. The minimum Gasteiger partial charge on any atom is -0.504 e. The van der Waals surface area contributed by atoms with E-state index in [2.05, 4.69) is 17.0 Å². The average molecular weight is 488 g/mol. The van der Waals surface area contributed by atoms with Crippen molar-refractivity contribution in [3.05, 3.63) is 59.2 Å². The third kappa shape index (κ3) is 3.13. The molecule has 0 radical (unpaired) electrons. The second-order valence-electron chi connectivity index (χ2n) is 11.5. The number of phenols is 1. The van der Waals surface area contributed by atoms with Gasteiger partial charge in [-0.2, -0.15) is 0 Å². The largest absolute Gasteiger partial charge is 0.504 e. The van der Waals surface area contributed by atoms with E-state index in [0.29, 0.717) is 31.4 Å². The third-order valence-electron chi connectivity index (χ3n) is 9.50. The van der Waals surface area contributed by atoms with E-state index in [1.54, 1.807) is 6.07 Å². The molecule has 1 spiro atoms. The summed E-state index contributed by atoms with van der Waals surface area (Å²) >= 11 is 0. The van der Waals surface area contributed by atoms with E-state index in [0.717, 1.165) is 49.4 Å². The molecule has 3 aliphatic carbocycles. The molecule has 1 saturated heterocycles. The molecular weight excluding hydrogens is 454 g/mol. The lowest BCUT2D eigenvalue weighted by atomic mass is 9.48. The molecular formula is C30H33NO5. The Morgan fingerprint density at radius 1 is 1.14 bits per heavy atom. The summed E-state index contributed by atoms with van der Waals surface area (Å²) in [5, 5.41) is 10.7. The van der Waals surface area contributed by atoms with Gasteiger partial charge in [-0.1, -0.05) is 36.4 Å². The smallest absolute Gasteiger partial charge is 0.306 e. The van der Waals surface area contributed by atoms with Crippen molar-refractivity contribution in [3.63, 3.8) is 0 Å². The van der Waals surface area contributed by atoms with Crippen molar-refractivity contribution in [2.24, 2.45) is 5.92 Å². The standard InChI is InChI=1S/C30H33NO5/c32-22-12-11-21-17-24-30(36-25(34)8-4-7-19-5-2-1-3-6-19)14-13-23(33)28-29(30,26(21)27(22)35-28)15-16-31(24)18-20-9-10-20/h1-3,5-6,11-12,20,24,28,32H,4,7-10,13-18H2/t24?,28-,29-,30+/m0/s1. The van der Waals surface area contributed by atoms with Crippen molar-refractivity contribution < 1.29 is 24.2 Å². The molecule has 7 rings (SSSR count). The van der Waals surface area contributed by atoms with Crippen molar-refractivity contribution in [2.45, 2.75) is 80.9 Å². The lowest BCUT2D eigenvalue weighted by Gasteiger charge is -2.63. The molecule has 3 fully saturated rings.